The van der Waals surface area contributed by atoms with Crippen molar-refractivity contribution in [2.75, 3.05) is 11.6 Å². The topological polar surface area (TPSA) is 29.3 Å². The fraction of sp³-hybridized carbons (Fsp3) is 0.333. The van der Waals surface area contributed by atoms with Crippen molar-refractivity contribution in [3.8, 4) is 0 Å². The quantitative estimate of drug-likeness (QED) is 0.591. The number of anilines is 1. The zero-order valence-corrected chi connectivity index (χ0v) is 6.76. The van der Waals surface area contributed by atoms with Crippen LogP contribution in [0.5, 0.6) is 0 Å². The molecule has 0 saturated heterocycles. The van der Waals surface area contributed by atoms with E-state index < -0.39 is 0 Å². The minimum Gasteiger partial charge on any atom is -0.308 e. The summed E-state index contributed by atoms with van der Waals surface area (Å²) >= 11 is 0. The largest absolute Gasteiger partial charge is 0.308 e. The Morgan fingerprint density at radius 2 is 2.25 bits per heavy atom. The first-order valence-electron chi connectivity index (χ1n) is 4.08. The van der Waals surface area contributed by atoms with Crippen molar-refractivity contribution in [2.45, 2.75) is 12.8 Å². The first-order chi connectivity index (χ1) is 5.79. The number of para-hydroxylation sites is 1. The molecule has 0 radical (unpaired) electrons. The van der Waals surface area contributed by atoms with E-state index in [1.165, 1.54) is 11.1 Å². The van der Waals surface area contributed by atoms with E-state index in [9.17, 15) is 4.39 Å². The van der Waals surface area contributed by atoms with Crippen molar-refractivity contribution in [1.29, 1.82) is 0 Å². The zero-order chi connectivity index (χ0) is 8.55. The summed E-state index contributed by atoms with van der Waals surface area (Å²) in [6.45, 7) is 0.744. The highest BCUT2D eigenvalue weighted by molar-refractivity contribution is 5.55. The lowest BCUT2D eigenvalue weighted by Gasteiger charge is -2.26. The first-order valence-corrected chi connectivity index (χ1v) is 4.08. The number of hydrogen-bond donors (Lipinski definition) is 1. The molecule has 1 aliphatic rings. The van der Waals surface area contributed by atoms with Gasteiger partial charge in [0.25, 0.3) is 0 Å². The van der Waals surface area contributed by atoms with Crippen LogP contribution in [0, 0.1) is 5.82 Å². The lowest BCUT2D eigenvalue weighted by Crippen LogP contribution is -2.36. The van der Waals surface area contributed by atoms with Gasteiger partial charge in [0, 0.05) is 6.54 Å². The van der Waals surface area contributed by atoms with Gasteiger partial charge in [-0.3, -0.25) is 0 Å². The normalized spacial score (nSPS) is 16.0. The van der Waals surface area contributed by atoms with Gasteiger partial charge in [-0.05, 0) is 24.5 Å². The number of benzene rings is 1. The summed E-state index contributed by atoms with van der Waals surface area (Å²) < 4.78 is 13.2. The van der Waals surface area contributed by atoms with Gasteiger partial charge in [-0.15, -0.1) is 0 Å². The number of nitrogens with two attached hydrogens (primary N) is 1. The number of nitrogens with zero attached hydrogens (tertiary/aromatic N) is 1. The molecular formula is C9H11FN2. The molecule has 0 atom stereocenters. The van der Waals surface area contributed by atoms with E-state index in [4.69, 9.17) is 5.84 Å². The highest BCUT2D eigenvalue weighted by Crippen LogP contribution is 2.27. The van der Waals surface area contributed by atoms with Crippen LogP contribution < -0.4 is 10.9 Å². The Balaban J connectivity index is 2.53. The average molecular weight is 166 g/mol. The Bertz CT molecular complexity index is 299. The molecule has 12 heavy (non-hydrogen) atoms. The minimum absolute atomic E-state index is 0.213. The van der Waals surface area contributed by atoms with Crippen molar-refractivity contribution in [3.05, 3.63) is 29.6 Å². The predicted octanol–water partition coefficient (Wildman–Crippen LogP) is 1.45. The van der Waals surface area contributed by atoms with Crippen LogP contribution in [0.2, 0.25) is 0 Å². The molecule has 3 heteroatoms. The van der Waals surface area contributed by atoms with Gasteiger partial charge in [0.1, 0.15) is 5.82 Å². The number of halogens is 1. The van der Waals surface area contributed by atoms with Crippen molar-refractivity contribution >= 4 is 5.69 Å². The SMILES string of the molecule is NN1CCCc2cccc(F)c21. The van der Waals surface area contributed by atoms with Gasteiger partial charge in [0.05, 0.1) is 5.69 Å². The molecule has 2 nitrogen and oxygen atoms in total. The lowest BCUT2D eigenvalue weighted by atomic mass is 10.0. The summed E-state index contributed by atoms with van der Waals surface area (Å²) in [7, 11) is 0. The second-order valence-corrected chi connectivity index (χ2v) is 3.04. The van der Waals surface area contributed by atoms with Gasteiger partial charge in [-0.1, -0.05) is 12.1 Å². The van der Waals surface area contributed by atoms with Crippen LogP contribution >= 0.6 is 0 Å². The third-order valence-corrected chi connectivity index (χ3v) is 2.20. The highest BCUT2D eigenvalue weighted by atomic mass is 19.1. The summed E-state index contributed by atoms with van der Waals surface area (Å²) in [5.41, 5.74) is 1.59. The maximum Gasteiger partial charge on any atom is 0.148 e. The number of aryl methyl sites for hydroxylation is 1. The van der Waals surface area contributed by atoms with Crippen molar-refractivity contribution in [1.82, 2.24) is 0 Å². The second-order valence-electron chi connectivity index (χ2n) is 3.04. The molecule has 64 valence electrons. The number of fused-ring (bicyclic) bond motifs is 1. The molecular weight excluding hydrogens is 155 g/mol. The molecule has 0 fully saturated rings. The van der Waals surface area contributed by atoms with E-state index >= 15 is 0 Å². The van der Waals surface area contributed by atoms with Crippen LogP contribution in [0.4, 0.5) is 10.1 Å². The molecule has 0 unspecified atom stereocenters. The summed E-state index contributed by atoms with van der Waals surface area (Å²) in [6, 6.07) is 5.11. The van der Waals surface area contributed by atoms with Gasteiger partial charge in [0.2, 0.25) is 0 Å². The molecule has 0 spiro atoms. The summed E-state index contributed by atoms with van der Waals surface area (Å²) in [5.74, 6) is 5.43. The highest BCUT2D eigenvalue weighted by Gasteiger charge is 2.17. The molecule has 1 aliphatic heterocycles. The molecule has 0 aromatic heterocycles. The van der Waals surface area contributed by atoms with Crippen LogP contribution in [0.15, 0.2) is 18.2 Å². The summed E-state index contributed by atoms with van der Waals surface area (Å²) in [4.78, 5) is 0. The molecule has 1 aromatic rings. The molecule has 2 rings (SSSR count). The predicted molar refractivity (Wildman–Crippen MR) is 46.3 cm³/mol. The minimum atomic E-state index is -0.213. The van der Waals surface area contributed by atoms with Crippen LogP contribution in [0.1, 0.15) is 12.0 Å². The first kappa shape index (κ1) is 7.55. The maximum atomic E-state index is 13.2. The van der Waals surface area contributed by atoms with Crippen LogP contribution in [-0.2, 0) is 6.42 Å². The monoisotopic (exact) mass is 166 g/mol. The van der Waals surface area contributed by atoms with E-state index in [2.05, 4.69) is 0 Å². The van der Waals surface area contributed by atoms with E-state index in [1.807, 2.05) is 6.07 Å². The number of hydrogen-bond acceptors (Lipinski definition) is 2. The molecule has 0 amide bonds. The lowest BCUT2D eigenvalue weighted by molar-refractivity contribution is 0.601. The van der Waals surface area contributed by atoms with Gasteiger partial charge < -0.3 is 5.01 Å². The van der Waals surface area contributed by atoms with Gasteiger partial charge >= 0.3 is 0 Å². The van der Waals surface area contributed by atoms with Crippen molar-refractivity contribution in [2.24, 2.45) is 5.84 Å². The smallest absolute Gasteiger partial charge is 0.148 e. The molecule has 0 saturated carbocycles. The zero-order valence-electron chi connectivity index (χ0n) is 6.76. The fourth-order valence-corrected chi connectivity index (χ4v) is 1.64. The fourth-order valence-electron chi connectivity index (χ4n) is 1.64. The van der Waals surface area contributed by atoms with Gasteiger partial charge in [-0.2, -0.15) is 0 Å². The van der Waals surface area contributed by atoms with Crippen molar-refractivity contribution < 1.29 is 4.39 Å². The van der Waals surface area contributed by atoms with E-state index in [1.54, 1.807) is 6.07 Å². The Hall–Kier alpha value is -1.09. The molecule has 2 N–H and O–H groups in total. The maximum absolute atomic E-state index is 13.2. The van der Waals surface area contributed by atoms with Crippen molar-refractivity contribution in [3.63, 3.8) is 0 Å². The Morgan fingerprint density at radius 3 is 3.00 bits per heavy atom. The molecule has 1 aromatic carbocycles. The number of hydrazine groups is 1. The Labute approximate surface area is 70.8 Å². The summed E-state index contributed by atoms with van der Waals surface area (Å²) in [6.07, 6.45) is 1.94. The average Bonchev–Trinajstić information content (AvgIpc) is 2.04. The third-order valence-electron chi connectivity index (χ3n) is 2.20. The molecule has 1 heterocycles. The van der Waals surface area contributed by atoms with E-state index in [-0.39, 0.29) is 5.82 Å². The Morgan fingerprint density at radius 1 is 1.42 bits per heavy atom. The van der Waals surface area contributed by atoms with Crippen LogP contribution in [0.3, 0.4) is 0 Å². The van der Waals surface area contributed by atoms with Crippen LogP contribution in [0.25, 0.3) is 0 Å². The molecule has 0 bridgehead atoms. The van der Waals surface area contributed by atoms with Gasteiger partial charge in [0.15, 0.2) is 0 Å². The standard InChI is InChI=1S/C9H11FN2/c10-8-5-1-3-7-4-2-6-12(11)9(7)8/h1,3,5H,2,4,6,11H2. The van der Waals surface area contributed by atoms with E-state index in [0.717, 1.165) is 24.9 Å². The second kappa shape index (κ2) is 2.75. The number of rotatable bonds is 0. The Kier molecular flexibility index (Phi) is 1.73. The van der Waals surface area contributed by atoms with Gasteiger partial charge in [-0.25, -0.2) is 10.2 Å². The molecule has 0 aliphatic carbocycles. The summed E-state index contributed by atoms with van der Waals surface area (Å²) in [5, 5.41) is 1.49. The third kappa shape index (κ3) is 1.06. The van der Waals surface area contributed by atoms with Crippen LogP contribution in [-0.4, -0.2) is 6.54 Å². The van der Waals surface area contributed by atoms with E-state index in [0.29, 0.717) is 5.69 Å².